The van der Waals surface area contributed by atoms with Crippen LogP contribution in [0.2, 0.25) is 0 Å². The zero-order valence-corrected chi connectivity index (χ0v) is 12.7. The minimum absolute atomic E-state index is 0.507. The van der Waals surface area contributed by atoms with E-state index >= 15 is 0 Å². The molecule has 1 atom stereocenters. The summed E-state index contributed by atoms with van der Waals surface area (Å²) in [5.74, 6) is 3.10. The van der Waals surface area contributed by atoms with Gasteiger partial charge >= 0.3 is 0 Å². The van der Waals surface area contributed by atoms with Gasteiger partial charge in [0.15, 0.2) is 0 Å². The van der Waals surface area contributed by atoms with Crippen LogP contribution in [-0.4, -0.2) is 33.8 Å². The summed E-state index contributed by atoms with van der Waals surface area (Å²) < 4.78 is 0. The molecule has 0 aromatic carbocycles. The molecular formula is C15H26N4O. The Bertz CT molecular complexity index is 443. The van der Waals surface area contributed by atoms with Crippen LogP contribution in [0.4, 0.5) is 11.6 Å². The fourth-order valence-electron chi connectivity index (χ4n) is 2.26. The van der Waals surface area contributed by atoms with Gasteiger partial charge in [-0.05, 0) is 33.1 Å². The molecule has 1 saturated carbocycles. The molecule has 0 bridgehead atoms. The Morgan fingerprint density at radius 2 is 1.90 bits per heavy atom. The lowest BCUT2D eigenvalue weighted by molar-refractivity contribution is 0.0636. The van der Waals surface area contributed by atoms with Crippen LogP contribution in [0, 0.1) is 0 Å². The van der Waals surface area contributed by atoms with Gasteiger partial charge < -0.3 is 15.7 Å². The zero-order valence-electron chi connectivity index (χ0n) is 12.7. The van der Waals surface area contributed by atoms with Gasteiger partial charge in [-0.25, -0.2) is 9.97 Å². The van der Waals surface area contributed by atoms with Gasteiger partial charge in [0.05, 0.1) is 5.60 Å². The standard InChI is InChI=1S/C15H26N4O/c1-4-8-15(3,20)10-17-13-9-12(16-5-2)18-14(19-13)11-6-7-11/h9,11,20H,4-8,10H2,1-3H3,(H2,16,17,18,19). The topological polar surface area (TPSA) is 70.1 Å². The van der Waals surface area contributed by atoms with Gasteiger partial charge in [-0.3, -0.25) is 0 Å². The van der Waals surface area contributed by atoms with Crippen molar-refractivity contribution in [3.63, 3.8) is 0 Å². The van der Waals surface area contributed by atoms with Crippen molar-refractivity contribution in [1.82, 2.24) is 9.97 Å². The van der Waals surface area contributed by atoms with Crippen molar-refractivity contribution in [2.45, 2.75) is 58.0 Å². The lowest BCUT2D eigenvalue weighted by Gasteiger charge is -2.23. The molecule has 0 radical (unpaired) electrons. The lowest BCUT2D eigenvalue weighted by Crippen LogP contribution is -2.33. The van der Waals surface area contributed by atoms with E-state index in [1.165, 1.54) is 12.8 Å². The van der Waals surface area contributed by atoms with Crippen LogP contribution < -0.4 is 10.6 Å². The molecule has 5 nitrogen and oxygen atoms in total. The maximum Gasteiger partial charge on any atom is 0.136 e. The normalized spacial score (nSPS) is 17.6. The first-order valence-electron chi connectivity index (χ1n) is 7.63. The van der Waals surface area contributed by atoms with E-state index in [1.54, 1.807) is 0 Å². The second-order valence-corrected chi connectivity index (χ2v) is 5.90. The van der Waals surface area contributed by atoms with Crippen molar-refractivity contribution in [2.75, 3.05) is 23.7 Å². The molecule has 1 aromatic rings. The number of hydrogen-bond donors (Lipinski definition) is 3. The number of aromatic nitrogens is 2. The first-order chi connectivity index (χ1) is 9.54. The molecule has 3 N–H and O–H groups in total. The van der Waals surface area contributed by atoms with Crippen LogP contribution in [0.5, 0.6) is 0 Å². The Morgan fingerprint density at radius 1 is 1.25 bits per heavy atom. The summed E-state index contributed by atoms with van der Waals surface area (Å²) >= 11 is 0. The van der Waals surface area contributed by atoms with E-state index in [9.17, 15) is 5.11 Å². The predicted octanol–water partition coefficient (Wildman–Crippen LogP) is 2.75. The van der Waals surface area contributed by atoms with E-state index in [1.807, 2.05) is 13.0 Å². The van der Waals surface area contributed by atoms with Gasteiger partial charge in [-0.2, -0.15) is 0 Å². The van der Waals surface area contributed by atoms with Crippen molar-refractivity contribution >= 4 is 11.6 Å². The van der Waals surface area contributed by atoms with E-state index in [0.717, 1.165) is 36.8 Å². The van der Waals surface area contributed by atoms with Crippen LogP contribution in [0.1, 0.15) is 58.2 Å². The monoisotopic (exact) mass is 278 g/mol. The average molecular weight is 278 g/mol. The molecule has 1 unspecified atom stereocenters. The summed E-state index contributed by atoms with van der Waals surface area (Å²) in [6, 6.07) is 1.91. The van der Waals surface area contributed by atoms with Crippen molar-refractivity contribution in [3.8, 4) is 0 Å². The highest BCUT2D eigenvalue weighted by molar-refractivity contribution is 5.48. The van der Waals surface area contributed by atoms with Crippen LogP contribution in [0.15, 0.2) is 6.07 Å². The molecule has 1 fully saturated rings. The molecule has 112 valence electrons. The molecule has 20 heavy (non-hydrogen) atoms. The first kappa shape index (κ1) is 15.0. The minimum Gasteiger partial charge on any atom is -0.388 e. The van der Waals surface area contributed by atoms with Gasteiger partial charge in [-0.15, -0.1) is 0 Å². The summed E-state index contributed by atoms with van der Waals surface area (Å²) in [5.41, 5.74) is -0.697. The molecule has 5 heteroatoms. The van der Waals surface area contributed by atoms with Crippen LogP contribution in [0.25, 0.3) is 0 Å². The second kappa shape index (κ2) is 6.39. The number of hydrogen-bond acceptors (Lipinski definition) is 5. The van der Waals surface area contributed by atoms with Gasteiger partial charge in [0.1, 0.15) is 17.5 Å². The summed E-state index contributed by atoms with van der Waals surface area (Å²) in [6.45, 7) is 7.34. The maximum absolute atomic E-state index is 10.2. The van der Waals surface area contributed by atoms with Crippen molar-refractivity contribution in [2.24, 2.45) is 0 Å². The fourth-order valence-corrected chi connectivity index (χ4v) is 2.26. The van der Waals surface area contributed by atoms with Crippen LogP contribution in [0.3, 0.4) is 0 Å². The number of rotatable bonds is 8. The third-order valence-corrected chi connectivity index (χ3v) is 3.48. The molecule has 0 saturated heterocycles. The molecule has 1 aliphatic rings. The Kier molecular flexibility index (Phi) is 4.81. The van der Waals surface area contributed by atoms with E-state index in [0.29, 0.717) is 12.5 Å². The fraction of sp³-hybridized carbons (Fsp3) is 0.733. The zero-order chi connectivity index (χ0) is 14.6. The number of aliphatic hydroxyl groups is 1. The van der Waals surface area contributed by atoms with Gasteiger partial charge in [0, 0.05) is 25.1 Å². The number of nitrogens with zero attached hydrogens (tertiary/aromatic N) is 2. The molecule has 2 rings (SSSR count). The highest BCUT2D eigenvalue weighted by Crippen LogP contribution is 2.38. The Morgan fingerprint density at radius 3 is 2.45 bits per heavy atom. The van der Waals surface area contributed by atoms with E-state index in [-0.39, 0.29) is 0 Å². The quantitative estimate of drug-likeness (QED) is 0.682. The molecule has 0 spiro atoms. The molecule has 0 amide bonds. The number of anilines is 2. The van der Waals surface area contributed by atoms with Crippen LogP contribution >= 0.6 is 0 Å². The SMILES string of the molecule is CCCC(C)(O)CNc1cc(NCC)nc(C2CC2)n1. The minimum atomic E-state index is -0.697. The lowest BCUT2D eigenvalue weighted by atomic mass is 10.0. The largest absolute Gasteiger partial charge is 0.388 e. The smallest absolute Gasteiger partial charge is 0.136 e. The Labute approximate surface area is 121 Å². The summed E-state index contributed by atoms with van der Waals surface area (Å²) in [7, 11) is 0. The second-order valence-electron chi connectivity index (χ2n) is 5.90. The molecule has 1 aliphatic carbocycles. The van der Waals surface area contributed by atoms with Gasteiger partial charge in [-0.1, -0.05) is 13.3 Å². The number of nitrogens with one attached hydrogen (secondary N) is 2. The highest BCUT2D eigenvalue weighted by atomic mass is 16.3. The Balaban J connectivity index is 2.06. The predicted molar refractivity (Wildman–Crippen MR) is 82.2 cm³/mol. The van der Waals surface area contributed by atoms with E-state index in [2.05, 4.69) is 34.4 Å². The summed E-state index contributed by atoms with van der Waals surface area (Å²) in [5, 5.41) is 16.7. The molecule has 1 aromatic heterocycles. The Hall–Kier alpha value is -1.36. The van der Waals surface area contributed by atoms with Crippen molar-refractivity contribution < 1.29 is 5.11 Å². The van der Waals surface area contributed by atoms with Crippen molar-refractivity contribution in [3.05, 3.63) is 11.9 Å². The highest BCUT2D eigenvalue weighted by Gasteiger charge is 2.27. The van der Waals surface area contributed by atoms with Crippen molar-refractivity contribution in [1.29, 1.82) is 0 Å². The molecule has 1 heterocycles. The summed E-state index contributed by atoms with van der Waals surface area (Å²) in [6.07, 6.45) is 4.11. The molecule has 0 aliphatic heterocycles. The van der Waals surface area contributed by atoms with E-state index < -0.39 is 5.60 Å². The van der Waals surface area contributed by atoms with E-state index in [4.69, 9.17) is 0 Å². The van der Waals surface area contributed by atoms with Gasteiger partial charge in [0.2, 0.25) is 0 Å². The van der Waals surface area contributed by atoms with Gasteiger partial charge in [0.25, 0.3) is 0 Å². The third-order valence-electron chi connectivity index (χ3n) is 3.48. The molecular weight excluding hydrogens is 252 g/mol. The maximum atomic E-state index is 10.2. The first-order valence-corrected chi connectivity index (χ1v) is 7.63. The third kappa shape index (κ3) is 4.34. The summed E-state index contributed by atoms with van der Waals surface area (Å²) in [4.78, 5) is 9.11. The average Bonchev–Trinajstić information content (AvgIpc) is 3.21. The van der Waals surface area contributed by atoms with Crippen LogP contribution in [-0.2, 0) is 0 Å².